The van der Waals surface area contributed by atoms with Gasteiger partial charge in [0.1, 0.15) is 0 Å². The summed E-state index contributed by atoms with van der Waals surface area (Å²) in [4.78, 5) is 2.79. The Morgan fingerprint density at radius 3 is 2.67 bits per heavy atom. The van der Waals surface area contributed by atoms with E-state index in [1.54, 1.807) is 0 Å². The van der Waals surface area contributed by atoms with Gasteiger partial charge < -0.3 is 11.1 Å². The van der Waals surface area contributed by atoms with Crippen LogP contribution in [0.3, 0.4) is 0 Å². The van der Waals surface area contributed by atoms with Crippen molar-refractivity contribution in [2.45, 2.75) is 59.0 Å². The van der Waals surface area contributed by atoms with E-state index in [1.165, 1.54) is 34.6 Å². The van der Waals surface area contributed by atoms with Crippen molar-refractivity contribution in [3.8, 4) is 0 Å². The Kier molecular flexibility index (Phi) is 4.15. The van der Waals surface area contributed by atoms with Crippen molar-refractivity contribution in [3.05, 3.63) is 21.4 Å². The fourth-order valence-electron chi connectivity index (χ4n) is 3.14. The van der Waals surface area contributed by atoms with E-state index in [2.05, 4.69) is 39.1 Å². The van der Waals surface area contributed by atoms with Crippen molar-refractivity contribution in [3.63, 3.8) is 0 Å². The molecule has 2 atom stereocenters. The molecule has 1 saturated carbocycles. The molecule has 1 fully saturated rings. The van der Waals surface area contributed by atoms with E-state index in [4.69, 9.17) is 5.73 Å². The topological polar surface area (TPSA) is 38.0 Å². The molecular weight excluding hydrogens is 240 g/mol. The lowest BCUT2D eigenvalue weighted by Gasteiger charge is -2.23. The minimum atomic E-state index is 0.328. The van der Waals surface area contributed by atoms with E-state index in [0.29, 0.717) is 24.0 Å². The molecule has 0 aromatic carbocycles. The molecular formula is C15H26N2S. The van der Waals surface area contributed by atoms with E-state index in [9.17, 15) is 0 Å². The van der Waals surface area contributed by atoms with Crippen LogP contribution in [-0.2, 0) is 0 Å². The fraction of sp³-hybridized carbons (Fsp3) is 0.733. The zero-order valence-electron chi connectivity index (χ0n) is 12.0. The zero-order chi connectivity index (χ0) is 13.3. The summed E-state index contributed by atoms with van der Waals surface area (Å²) in [5.41, 5.74) is 7.87. The third kappa shape index (κ3) is 3.14. The summed E-state index contributed by atoms with van der Waals surface area (Å²) in [6.45, 7) is 9.80. The van der Waals surface area contributed by atoms with Gasteiger partial charge in [-0.05, 0) is 50.2 Å². The number of rotatable bonds is 4. The second-order valence-electron chi connectivity index (χ2n) is 6.43. The maximum Gasteiger partial charge on any atom is 0.0457 e. The van der Waals surface area contributed by atoms with Crippen molar-refractivity contribution in [1.82, 2.24) is 5.32 Å². The number of aryl methyl sites for hydroxylation is 2. The molecule has 2 nitrogen and oxygen atoms in total. The van der Waals surface area contributed by atoms with Gasteiger partial charge >= 0.3 is 0 Å². The van der Waals surface area contributed by atoms with Gasteiger partial charge in [0.05, 0.1) is 0 Å². The summed E-state index contributed by atoms with van der Waals surface area (Å²) < 4.78 is 0. The Morgan fingerprint density at radius 1 is 1.50 bits per heavy atom. The standard InChI is InChI=1S/C15H26N2S/c1-10-7-13(11(2)18-10)14(9-16)17-12-5-6-15(3,4)8-12/h7,12,14,17H,5-6,8-9,16H2,1-4H3. The van der Waals surface area contributed by atoms with Crippen LogP contribution >= 0.6 is 11.3 Å². The molecule has 3 N–H and O–H groups in total. The maximum absolute atomic E-state index is 5.97. The number of nitrogens with two attached hydrogens (primary N) is 1. The lowest BCUT2D eigenvalue weighted by atomic mass is 9.91. The second kappa shape index (κ2) is 5.32. The van der Waals surface area contributed by atoms with E-state index >= 15 is 0 Å². The van der Waals surface area contributed by atoms with E-state index in [0.717, 1.165) is 0 Å². The first-order valence-electron chi connectivity index (χ1n) is 6.94. The lowest BCUT2D eigenvalue weighted by molar-refractivity contribution is 0.353. The van der Waals surface area contributed by atoms with E-state index in [-0.39, 0.29) is 0 Å². The van der Waals surface area contributed by atoms with Crippen LogP contribution < -0.4 is 11.1 Å². The van der Waals surface area contributed by atoms with Gasteiger partial charge in [0, 0.05) is 28.4 Å². The smallest absolute Gasteiger partial charge is 0.0457 e. The molecule has 0 aliphatic heterocycles. The van der Waals surface area contributed by atoms with Crippen LogP contribution in [0.5, 0.6) is 0 Å². The highest BCUT2D eigenvalue weighted by Gasteiger charge is 2.32. The van der Waals surface area contributed by atoms with Gasteiger partial charge in [0.15, 0.2) is 0 Å². The highest BCUT2D eigenvalue weighted by molar-refractivity contribution is 7.12. The molecule has 1 aliphatic rings. The predicted molar refractivity (Wildman–Crippen MR) is 80.1 cm³/mol. The predicted octanol–water partition coefficient (Wildman–Crippen LogP) is 3.53. The van der Waals surface area contributed by atoms with Crippen LogP contribution in [0.15, 0.2) is 6.07 Å². The van der Waals surface area contributed by atoms with Crippen molar-refractivity contribution in [2.75, 3.05) is 6.54 Å². The molecule has 1 aromatic rings. The highest BCUT2D eigenvalue weighted by Crippen LogP contribution is 2.38. The largest absolute Gasteiger partial charge is 0.329 e. The quantitative estimate of drug-likeness (QED) is 0.875. The third-order valence-electron chi connectivity index (χ3n) is 4.10. The first-order valence-corrected chi connectivity index (χ1v) is 7.76. The third-order valence-corrected chi connectivity index (χ3v) is 5.08. The zero-order valence-corrected chi connectivity index (χ0v) is 12.9. The molecule has 1 aliphatic carbocycles. The Hall–Kier alpha value is -0.380. The Labute approximate surface area is 115 Å². The summed E-state index contributed by atoms with van der Waals surface area (Å²) in [5, 5.41) is 3.77. The average molecular weight is 266 g/mol. The molecule has 0 radical (unpaired) electrons. The first-order chi connectivity index (χ1) is 8.41. The van der Waals surface area contributed by atoms with Gasteiger partial charge in [-0.15, -0.1) is 11.3 Å². The Balaban J connectivity index is 2.04. The van der Waals surface area contributed by atoms with Gasteiger partial charge in [-0.25, -0.2) is 0 Å². The highest BCUT2D eigenvalue weighted by atomic mass is 32.1. The van der Waals surface area contributed by atoms with Crippen LogP contribution in [-0.4, -0.2) is 12.6 Å². The Morgan fingerprint density at radius 2 is 2.22 bits per heavy atom. The van der Waals surface area contributed by atoms with Crippen molar-refractivity contribution in [1.29, 1.82) is 0 Å². The van der Waals surface area contributed by atoms with Crippen LogP contribution in [0.4, 0.5) is 0 Å². The van der Waals surface area contributed by atoms with Crippen molar-refractivity contribution >= 4 is 11.3 Å². The second-order valence-corrected chi connectivity index (χ2v) is 7.89. The molecule has 2 unspecified atom stereocenters. The van der Waals surface area contributed by atoms with Crippen LogP contribution in [0.25, 0.3) is 0 Å². The summed E-state index contributed by atoms with van der Waals surface area (Å²) in [7, 11) is 0. The molecule has 102 valence electrons. The van der Waals surface area contributed by atoms with Gasteiger partial charge in [-0.2, -0.15) is 0 Å². The van der Waals surface area contributed by atoms with E-state index < -0.39 is 0 Å². The molecule has 1 heterocycles. The monoisotopic (exact) mass is 266 g/mol. The summed E-state index contributed by atoms with van der Waals surface area (Å²) in [5.74, 6) is 0. The van der Waals surface area contributed by atoms with Crippen molar-refractivity contribution < 1.29 is 0 Å². The van der Waals surface area contributed by atoms with Gasteiger partial charge in [0.25, 0.3) is 0 Å². The summed E-state index contributed by atoms with van der Waals surface area (Å²) in [6.07, 6.45) is 3.88. The van der Waals surface area contributed by atoms with E-state index in [1.807, 2.05) is 11.3 Å². The number of hydrogen-bond donors (Lipinski definition) is 2. The maximum atomic E-state index is 5.97. The number of thiophene rings is 1. The minimum absolute atomic E-state index is 0.328. The van der Waals surface area contributed by atoms with Crippen LogP contribution in [0, 0.1) is 19.3 Å². The normalized spacial score (nSPS) is 24.4. The molecule has 2 rings (SSSR count). The molecule has 0 bridgehead atoms. The minimum Gasteiger partial charge on any atom is -0.329 e. The molecule has 3 heteroatoms. The SMILES string of the molecule is Cc1cc(C(CN)NC2CCC(C)(C)C2)c(C)s1. The number of nitrogens with one attached hydrogen (secondary N) is 1. The molecule has 0 spiro atoms. The molecule has 0 saturated heterocycles. The Bertz CT molecular complexity index is 409. The van der Waals surface area contributed by atoms with Gasteiger partial charge in [-0.3, -0.25) is 0 Å². The molecule has 0 amide bonds. The summed E-state index contributed by atoms with van der Waals surface area (Å²) in [6, 6.07) is 3.26. The average Bonchev–Trinajstić information content (AvgIpc) is 2.78. The van der Waals surface area contributed by atoms with Gasteiger partial charge in [-0.1, -0.05) is 13.8 Å². The fourth-order valence-corrected chi connectivity index (χ4v) is 4.13. The molecule has 1 aromatic heterocycles. The number of hydrogen-bond acceptors (Lipinski definition) is 3. The summed E-state index contributed by atoms with van der Waals surface area (Å²) >= 11 is 1.88. The lowest BCUT2D eigenvalue weighted by Crippen LogP contribution is -2.35. The molecule has 18 heavy (non-hydrogen) atoms. The van der Waals surface area contributed by atoms with Crippen LogP contribution in [0.1, 0.15) is 54.5 Å². The van der Waals surface area contributed by atoms with Gasteiger partial charge in [0.2, 0.25) is 0 Å². The van der Waals surface area contributed by atoms with Crippen LogP contribution in [0.2, 0.25) is 0 Å². The first kappa shape index (κ1) is 14.0. The van der Waals surface area contributed by atoms with Crippen molar-refractivity contribution in [2.24, 2.45) is 11.1 Å².